The number of halogens is 2. The van der Waals surface area contributed by atoms with E-state index in [0.29, 0.717) is 5.76 Å². The van der Waals surface area contributed by atoms with Gasteiger partial charge in [-0.15, -0.1) is 0 Å². The van der Waals surface area contributed by atoms with Crippen LogP contribution in [0.2, 0.25) is 10.0 Å². The van der Waals surface area contributed by atoms with E-state index >= 15 is 0 Å². The fraction of sp³-hybridized carbons (Fsp3) is 0.231. The van der Waals surface area contributed by atoms with Crippen LogP contribution in [0, 0.1) is 0 Å². The predicted molar refractivity (Wildman–Crippen MR) is 82.9 cm³/mol. The van der Waals surface area contributed by atoms with Crippen LogP contribution in [0.4, 0.5) is 5.69 Å². The lowest BCUT2D eigenvalue weighted by atomic mass is 10.3. The quantitative estimate of drug-likeness (QED) is 0.840. The number of sulfonamides is 1. The zero-order chi connectivity index (χ0) is 15.6. The Bertz CT molecular complexity index is 707. The van der Waals surface area contributed by atoms with Gasteiger partial charge in [-0.25, -0.2) is 8.42 Å². The first-order chi connectivity index (χ1) is 9.86. The lowest BCUT2D eigenvalue weighted by molar-refractivity contribution is 0.375. The van der Waals surface area contributed by atoms with Crippen LogP contribution < -0.4 is 5.73 Å². The van der Waals surface area contributed by atoms with Crippen molar-refractivity contribution in [3.05, 3.63) is 46.3 Å². The van der Waals surface area contributed by atoms with Gasteiger partial charge in [-0.05, 0) is 24.3 Å². The lowest BCUT2D eigenvalue weighted by Crippen LogP contribution is -2.31. The van der Waals surface area contributed by atoms with Gasteiger partial charge < -0.3 is 10.2 Å². The van der Waals surface area contributed by atoms with Crippen molar-refractivity contribution in [3.63, 3.8) is 0 Å². The van der Waals surface area contributed by atoms with Crippen LogP contribution in [0.1, 0.15) is 12.7 Å². The Morgan fingerprint density at radius 2 is 2.05 bits per heavy atom. The van der Waals surface area contributed by atoms with Crippen molar-refractivity contribution < 1.29 is 12.8 Å². The zero-order valence-electron chi connectivity index (χ0n) is 11.2. The van der Waals surface area contributed by atoms with Gasteiger partial charge in [0.15, 0.2) is 0 Å². The first kappa shape index (κ1) is 16.2. The van der Waals surface area contributed by atoms with E-state index in [1.54, 1.807) is 19.1 Å². The van der Waals surface area contributed by atoms with E-state index < -0.39 is 10.0 Å². The summed E-state index contributed by atoms with van der Waals surface area (Å²) in [6.45, 7) is 2.08. The van der Waals surface area contributed by atoms with Crippen LogP contribution in [0.3, 0.4) is 0 Å². The molecule has 0 saturated carbocycles. The summed E-state index contributed by atoms with van der Waals surface area (Å²) in [6.07, 6.45) is 1.49. The van der Waals surface area contributed by atoms with E-state index in [9.17, 15) is 8.42 Å². The molecule has 2 aromatic rings. The smallest absolute Gasteiger partial charge is 0.247 e. The maximum atomic E-state index is 12.7. The van der Waals surface area contributed by atoms with Crippen molar-refractivity contribution in [3.8, 4) is 0 Å². The van der Waals surface area contributed by atoms with E-state index in [-0.39, 0.29) is 33.7 Å². The Balaban J connectivity index is 2.45. The van der Waals surface area contributed by atoms with Crippen LogP contribution >= 0.6 is 23.2 Å². The molecule has 1 aromatic carbocycles. The number of anilines is 1. The SMILES string of the molecule is CCN(Cc1ccco1)S(=O)(=O)c1c(N)cc(Cl)cc1Cl. The largest absolute Gasteiger partial charge is 0.468 e. The second kappa shape index (κ2) is 6.27. The number of nitrogens with zero attached hydrogens (tertiary/aromatic N) is 1. The predicted octanol–water partition coefficient (Wildman–Crippen LogP) is 3.38. The lowest BCUT2D eigenvalue weighted by Gasteiger charge is -2.21. The Hall–Kier alpha value is -1.21. The normalized spacial score (nSPS) is 12.0. The number of benzene rings is 1. The maximum Gasteiger partial charge on any atom is 0.247 e. The fourth-order valence-corrected chi connectivity index (χ4v) is 4.28. The molecule has 114 valence electrons. The summed E-state index contributed by atoms with van der Waals surface area (Å²) in [5, 5.41) is 0.281. The number of nitrogen functional groups attached to an aromatic ring is 1. The number of hydrogen-bond donors (Lipinski definition) is 1. The minimum atomic E-state index is -3.85. The molecule has 0 aliphatic carbocycles. The summed E-state index contributed by atoms with van der Waals surface area (Å²) in [4.78, 5) is -0.137. The first-order valence-electron chi connectivity index (χ1n) is 6.13. The molecule has 1 heterocycles. The molecule has 21 heavy (non-hydrogen) atoms. The van der Waals surface area contributed by atoms with Gasteiger partial charge in [-0.3, -0.25) is 0 Å². The molecular weight excluding hydrogens is 335 g/mol. The van der Waals surface area contributed by atoms with Gasteiger partial charge in [0, 0.05) is 11.6 Å². The topological polar surface area (TPSA) is 76.5 Å². The summed E-state index contributed by atoms with van der Waals surface area (Å²) in [5.41, 5.74) is 5.79. The van der Waals surface area contributed by atoms with E-state index in [0.717, 1.165) is 0 Å². The Morgan fingerprint density at radius 3 is 2.57 bits per heavy atom. The van der Waals surface area contributed by atoms with Crippen molar-refractivity contribution in [2.75, 3.05) is 12.3 Å². The highest BCUT2D eigenvalue weighted by Crippen LogP contribution is 2.33. The van der Waals surface area contributed by atoms with Gasteiger partial charge in [-0.2, -0.15) is 4.31 Å². The molecule has 0 aliphatic heterocycles. The van der Waals surface area contributed by atoms with Crippen LogP contribution in [-0.2, 0) is 16.6 Å². The third-order valence-electron chi connectivity index (χ3n) is 2.90. The summed E-state index contributed by atoms with van der Waals surface area (Å²) in [6, 6.07) is 6.11. The molecule has 1 aromatic heterocycles. The average Bonchev–Trinajstić information content (AvgIpc) is 2.86. The fourth-order valence-electron chi connectivity index (χ4n) is 1.92. The van der Waals surface area contributed by atoms with Gasteiger partial charge in [0.1, 0.15) is 10.7 Å². The average molecular weight is 349 g/mol. The Labute approximate surface area is 133 Å². The van der Waals surface area contributed by atoms with Crippen molar-refractivity contribution in [2.24, 2.45) is 0 Å². The molecule has 5 nitrogen and oxygen atoms in total. The summed E-state index contributed by atoms with van der Waals surface area (Å²) in [7, 11) is -3.85. The summed E-state index contributed by atoms with van der Waals surface area (Å²) in [5.74, 6) is 0.532. The molecule has 0 radical (unpaired) electrons. The summed E-state index contributed by atoms with van der Waals surface area (Å²) >= 11 is 11.8. The van der Waals surface area contributed by atoms with Gasteiger partial charge in [0.25, 0.3) is 0 Å². The third-order valence-corrected chi connectivity index (χ3v) is 5.57. The van der Waals surface area contributed by atoms with E-state index in [2.05, 4.69) is 0 Å². The molecule has 0 amide bonds. The zero-order valence-corrected chi connectivity index (χ0v) is 13.5. The first-order valence-corrected chi connectivity index (χ1v) is 8.33. The molecule has 0 atom stereocenters. The monoisotopic (exact) mass is 348 g/mol. The third kappa shape index (κ3) is 3.35. The van der Waals surface area contributed by atoms with Crippen LogP contribution in [0.5, 0.6) is 0 Å². The highest BCUT2D eigenvalue weighted by atomic mass is 35.5. The molecule has 0 aliphatic rings. The highest BCUT2D eigenvalue weighted by molar-refractivity contribution is 7.89. The molecule has 8 heteroatoms. The Morgan fingerprint density at radius 1 is 1.33 bits per heavy atom. The number of rotatable bonds is 5. The standard InChI is InChI=1S/C13H14Cl2N2O3S/c1-2-17(8-10-4-3-5-20-10)21(18,19)13-11(15)6-9(14)7-12(13)16/h3-7H,2,8,16H2,1H3. The number of nitrogens with two attached hydrogens (primary N) is 1. The summed E-state index contributed by atoms with van der Waals surface area (Å²) < 4.78 is 31.9. The van der Waals surface area contributed by atoms with Crippen molar-refractivity contribution >= 4 is 38.9 Å². The molecule has 0 unspecified atom stereocenters. The van der Waals surface area contributed by atoms with Gasteiger partial charge >= 0.3 is 0 Å². The van der Waals surface area contributed by atoms with Crippen molar-refractivity contribution in [2.45, 2.75) is 18.4 Å². The molecule has 2 rings (SSSR count). The molecule has 0 spiro atoms. The Kier molecular flexibility index (Phi) is 4.83. The van der Waals surface area contributed by atoms with Crippen molar-refractivity contribution in [1.82, 2.24) is 4.31 Å². The van der Waals surface area contributed by atoms with Crippen LogP contribution in [-0.4, -0.2) is 19.3 Å². The van der Waals surface area contributed by atoms with Crippen LogP contribution in [0.25, 0.3) is 0 Å². The van der Waals surface area contributed by atoms with E-state index in [1.165, 1.54) is 22.7 Å². The number of hydrogen-bond acceptors (Lipinski definition) is 4. The minimum absolute atomic E-state index is 0.00195. The second-order valence-electron chi connectivity index (χ2n) is 4.32. The number of furan rings is 1. The van der Waals surface area contributed by atoms with Gasteiger partial charge in [0.2, 0.25) is 10.0 Å². The maximum absolute atomic E-state index is 12.7. The minimum Gasteiger partial charge on any atom is -0.468 e. The molecule has 2 N–H and O–H groups in total. The second-order valence-corrected chi connectivity index (χ2v) is 7.03. The molecule has 0 saturated heterocycles. The van der Waals surface area contributed by atoms with E-state index in [4.69, 9.17) is 33.4 Å². The van der Waals surface area contributed by atoms with Gasteiger partial charge in [0.05, 0.1) is 23.5 Å². The van der Waals surface area contributed by atoms with Crippen LogP contribution in [0.15, 0.2) is 39.8 Å². The highest BCUT2D eigenvalue weighted by Gasteiger charge is 2.29. The molecule has 0 bridgehead atoms. The van der Waals surface area contributed by atoms with Crippen molar-refractivity contribution in [1.29, 1.82) is 0 Å². The molecule has 0 fully saturated rings. The molecular formula is C13H14Cl2N2O3S. The van der Waals surface area contributed by atoms with E-state index in [1.807, 2.05) is 0 Å². The van der Waals surface area contributed by atoms with Gasteiger partial charge in [-0.1, -0.05) is 30.1 Å².